The third-order valence-corrected chi connectivity index (χ3v) is 6.05. The number of hydrogen-bond acceptors (Lipinski definition) is 3. The number of urea groups is 1. The van der Waals surface area contributed by atoms with Crippen molar-refractivity contribution < 1.29 is 14.4 Å². The van der Waals surface area contributed by atoms with Gasteiger partial charge in [0, 0.05) is 5.69 Å². The Morgan fingerprint density at radius 2 is 1.96 bits per heavy atom. The summed E-state index contributed by atoms with van der Waals surface area (Å²) in [6.45, 7) is 6.11. The molecule has 0 bridgehead atoms. The van der Waals surface area contributed by atoms with E-state index in [1.54, 1.807) is 0 Å². The zero-order valence-electron chi connectivity index (χ0n) is 16.4. The Hall–Kier alpha value is -2.37. The third-order valence-electron chi connectivity index (χ3n) is 6.05. The van der Waals surface area contributed by atoms with Crippen molar-refractivity contribution in [2.75, 3.05) is 11.9 Å². The van der Waals surface area contributed by atoms with Crippen LogP contribution in [0.4, 0.5) is 10.5 Å². The van der Waals surface area contributed by atoms with Crippen molar-refractivity contribution in [1.29, 1.82) is 0 Å². The number of amides is 4. The van der Waals surface area contributed by atoms with Crippen molar-refractivity contribution in [3.8, 4) is 0 Å². The molecule has 4 amide bonds. The molecule has 27 heavy (non-hydrogen) atoms. The quantitative estimate of drug-likeness (QED) is 0.776. The summed E-state index contributed by atoms with van der Waals surface area (Å²) in [5, 5.41) is 5.73. The van der Waals surface area contributed by atoms with E-state index in [-0.39, 0.29) is 18.4 Å². The zero-order valence-corrected chi connectivity index (χ0v) is 16.4. The van der Waals surface area contributed by atoms with Gasteiger partial charge in [0.05, 0.1) is 0 Å². The largest absolute Gasteiger partial charge is 0.325 e. The van der Waals surface area contributed by atoms with Crippen LogP contribution in [-0.4, -0.2) is 34.8 Å². The highest BCUT2D eigenvalue weighted by Crippen LogP contribution is 2.36. The molecule has 0 aromatic heterocycles. The van der Waals surface area contributed by atoms with Crippen LogP contribution in [0.1, 0.15) is 64.4 Å². The first-order valence-electron chi connectivity index (χ1n) is 9.89. The van der Waals surface area contributed by atoms with Gasteiger partial charge >= 0.3 is 6.03 Å². The molecule has 1 aromatic rings. The predicted octanol–water partition coefficient (Wildman–Crippen LogP) is 3.64. The molecular weight excluding hydrogens is 342 g/mol. The van der Waals surface area contributed by atoms with Crippen molar-refractivity contribution in [2.24, 2.45) is 5.92 Å². The van der Waals surface area contributed by atoms with E-state index in [0.717, 1.165) is 35.4 Å². The average molecular weight is 371 g/mol. The van der Waals surface area contributed by atoms with E-state index >= 15 is 0 Å². The number of rotatable bonds is 5. The van der Waals surface area contributed by atoms with Gasteiger partial charge in [-0.05, 0) is 55.6 Å². The number of imide groups is 1. The predicted molar refractivity (Wildman–Crippen MR) is 104 cm³/mol. The molecule has 2 N–H and O–H groups in total. The van der Waals surface area contributed by atoms with Gasteiger partial charge in [0.25, 0.3) is 5.91 Å². The molecule has 1 aliphatic heterocycles. The van der Waals surface area contributed by atoms with Crippen LogP contribution in [0.25, 0.3) is 0 Å². The van der Waals surface area contributed by atoms with Crippen molar-refractivity contribution in [3.05, 3.63) is 29.8 Å². The minimum atomic E-state index is -0.807. The number of carbonyl (C=O) groups is 3. The minimum Gasteiger partial charge on any atom is -0.324 e. The Bertz CT molecular complexity index is 738. The maximum Gasteiger partial charge on any atom is 0.325 e. The molecule has 1 heterocycles. The van der Waals surface area contributed by atoms with Gasteiger partial charge in [0.15, 0.2) is 0 Å². The molecule has 146 valence electrons. The molecule has 1 saturated carbocycles. The van der Waals surface area contributed by atoms with Gasteiger partial charge in [0.2, 0.25) is 5.91 Å². The summed E-state index contributed by atoms with van der Waals surface area (Å²) in [4.78, 5) is 38.9. The van der Waals surface area contributed by atoms with Crippen LogP contribution in [0.15, 0.2) is 24.3 Å². The Kier molecular flexibility index (Phi) is 5.53. The van der Waals surface area contributed by atoms with Crippen LogP contribution < -0.4 is 10.6 Å². The highest BCUT2D eigenvalue weighted by molar-refractivity contribution is 6.10. The van der Waals surface area contributed by atoms with Crippen LogP contribution in [0, 0.1) is 5.92 Å². The molecule has 1 aromatic carbocycles. The van der Waals surface area contributed by atoms with Crippen molar-refractivity contribution in [2.45, 2.75) is 64.3 Å². The van der Waals surface area contributed by atoms with Crippen LogP contribution in [0.2, 0.25) is 0 Å². The third kappa shape index (κ3) is 3.84. The number of nitrogens with zero attached hydrogens (tertiary/aromatic N) is 1. The van der Waals surface area contributed by atoms with E-state index in [0.29, 0.717) is 24.7 Å². The van der Waals surface area contributed by atoms with Crippen molar-refractivity contribution in [1.82, 2.24) is 10.2 Å². The first kappa shape index (κ1) is 19.4. The molecular formula is C21H29N3O3. The van der Waals surface area contributed by atoms with E-state index < -0.39 is 11.6 Å². The zero-order chi connectivity index (χ0) is 19.6. The highest BCUT2D eigenvalue weighted by Gasteiger charge is 2.52. The average Bonchev–Trinajstić information content (AvgIpc) is 2.88. The lowest BCUT2D eigenvalue weighted by molar-refractivity contribution is -0.135. The first-order chi connectivity index (χ1) is 12.9. The lowest BCUT2D eigenvalue weighted by atomic mass is 9.77. The van der Waals surface area contributed by atoms with Gasteiger partial charge in [-0.15, -0.1) is 0 Å². The molecule has 2 fully saturated rings. The second kappa shape index (κ2) is 7.71. The van der Waals surface area contributed by atoms with Crippen LogP contribution in [0.5, 0.6) is 0 Å². The summed E-state index contributed by atoms with van der Waals surface area (Å²) in [5.74, 6) is 0.265. The molecule has 0 unspecified atom stereocenters. The lowest BCUT2D eigenvalue weighted by Crippen LogP contribution is -2.49. The minimum absolute atomic E-state index is 0.253. The number of hydrogen-bond donors (Lipinski definition) is 2. The van der Waals surface area contributed by atoms with Crippen molar-refractivity contribution >= 4 is 23.5 Å². The molecule has 1 atom stereocenters. The number of anilines is 1. The van der Waals surface area contributed by atoms with Gasteiger partial charge in [-0.3, -0.25) is 14.5 Å². The smallest absolute Gasteiger partial charge is 0.324 e. The Balaban J connectivity index is 1.68. The number of benzene rings is 1. The molecule has 6 heteroatoms. The molecule has 2 aliphatic rings. The van der Waals surface area contributed by atoms with Gasteiger partial charge in [-0.25, -0.2) is 4.79 Å². The van der Waals surface area contributed by atoms with E-state index in [4.69, 9.17) is 0 Å². The highest BCUT2D eigenvalue weighted by atomic mass is 16.2. The second-order valence-corrected chi connectivity index (χ2v) is 8.03. The van der Waals surface area contributed by atoms with E-state index in [2.05, 4.69) is 31.4 Å². The van der Waals surface area contributed by atoms with Crippen LogP contribution in [-0.2, 0) is 9.59 Å². The summed E-state index contributed by atoms with van der Waals surface area (Å²) in [5.41, 5.74) is 0.992. The number of nitrogens with one attached hydrogen (secondary N) is 2. The summed E-state index contributed by atoms with van der Waals surface area (Å²) in [6.07, 6.45) is 4.07. The fourth-order valence-corrected chi connectivity index (χ4v) is 4.01. The summed E-state index contributed by atoms with van der Waals surface area (Å²) >= 11 is 0. The standard InChI is InChI=1S/C21H29N3O3/c1-4-15(3)16-7-5-6-8-17(16)22-18(25)13-24-19(26)21(23-20(24)27)11-9-14(2)10-12-21/h5-8,14-15H,4,9-13H2,1-3H3,(H,22,25)(H,23,27)/t14?,15-,21?/m0/s1. The molecule has 1 aliphatic carbocycles. The van der Waals surface area contributed by atoms with Crippen LogP contribution >= 0.6 is 0 Å². The van der Waals surface area contributed by atoms with Gasteiger partial charge in [0.1, 0.15) is 12.1 Å². The molecule has 1 saturated heterocycles. The normalized spacial score (nSPS) is 26.2. The van der Waals surface area contributed by atoms with Crippen LogP contribution in [0.3, 0.4) is 0 Å². The summed E-state index contributed by atoms with van der Waals surface area (Å²) in [7, 11) is 0. The van der Waals surface area contributed by atoms with E-state index in [1.165, 1.54) is 0 Å². The number of para-hydroxylation sites is 1. The van der Waals surface area contributed by atoms with E-state index in [9.17, 15) is 14.4 Å². The Morgan fingerprint density at radius 1 is 1.30 bits per heavy atom. The SMILES string of the molecule is CC[C@H](C)c1ccccc1NC(=O)CN1C(=O)NC2(CCC(C)CC2)C1=O. The lowest BCUT2D eigenvalue weighted by Gasteiger charge is -2.33. The fraction of sp³-hybridized carbons (Fsp3) is 0.571. The molecule has 6 nitrogen and oxygen atoms in total. The Labute approximate surface area is 160 Å². The fourth-order valence-electron chi connectivity index (χ4n) is 4.01. The Morgan fingerprint density at radius 3 is 2.63 bits per heavy atom. The molecule has 1 spiro atoms. The topological polar surface area (TPSA) is 78.5 Å². The molecule has 3 rings (SSSR count). The monoisotopic (exact) mass is 371 g/mol. The first-order valence-corrected chi connectivity index (χ1v) is 9.89. The molecule has 0 radical (unpaired) electrons. The van der Waals surface area contributed by atoms with Gasteiger partial charge in [-0.1, -0.05) is 39.0 Å². The maximum atomic E-state index is 12.9. The number of carbonyl (C=O) groups excluding carboxylic acids is 3. The second-order valence-electron chi connectivity index (χ2n) is 8.03. The maximum absolute atomic E-state index is 12.9. The van der Waals surface area contributed by atoms with Crippen molar-refractivity contribution in [3.63, 3.8) is 0 Å². The van der Waals surface area contributed by atoms with Gasteiger partial charge in [-0.2, -0.15) is 0 Å². The summed E-state index contributed by atoms with van der Waals surface area (Å²) < 4.78 is 0. The van der Waals surface area contributed by atoms with Gasteiger partial charge < -0.3 is 10.6 Å². The summed E-state index contributed by atoms with van der Waals surface area (Å²) in [6, 6.07) is 7.21. The van der Waals surface area contributed by atoms with E-state index in [1.807, 2.05) is 24.3 Å².